The average Bonchev–Trinajstić information content (AvgIpc) is 3.12. The molecule has 0 aliphatic carbocycles. The minimum atomic E-state index is -3.08. The van der Waals surface area contributed by atoms with Gasteiger partial charge in [-0.25, -0.2) is 14.4 Å². The lowest BCUT2D eigenvalue weighted by Crippen LogP contribution is -2.41. The highest BCUT2D eigenvalue weighted by Crippen LogP contribution is 2.41. The Morgan fingerprint density at radius 2 is 1.81 bits per heavy atom. The van der Waals surface area contributed by atoms with E-state index in [2.05, 4.69) is 10.3 Å². The zero-order valence-corrected chi connectivity index (χ0v) is 17.0. The molecule has 10 heteroatoms. The number of methoxy groups -OCH3 is 1. The smallest absolute Gasteiger partial charge is 0.321 e. The molecule has 2 unspecified atom stereocenters. The second kappa shape index (κ2) is 8.10. The molecule has 32 heavy (non-hydrogen) atoms. The number of pyridine rings is 2. The quantitative estimate of drug-likeness (QED) is 0.480. The van der Waals surface area contributed by atoms with E-state index in [1.54, 1.807) is 19.1 Å². The Bertz CT molecular complexity index is 1180. The van der Waals surface area contributed by atoms with Gasteiger partial charge in [0.05, 0.1) is 13.2 Å². The lowest BCUT2D eigenvalue weighted by molar-refractivity contribution is 0.0653. The molecule has 0 amide bonds. The molecule has 1 aromatic carbocycles. The van der Waals surface area contributed by atoms with Crippen molar-refractivity contribution in [3.8, 4) is 5.75 Å². The number of aliphatic imine (C=N–C) groups is 1. The molecule has 0 bridgehead atoms. The number of hydrogen-bond acceptors (Lipinski definition) is 5. The maximum absolute atomic E-state index is 13.6. The Kier molecular flexibility index (Phi) is 5.45. The second-order valence-electron chi connectivity index (χ2n) is 7.26. The molecule has 3 aromatic rings. The van der Waals surface area contributed by atoms with Crippen LogP contribution in [0, 0.1) is 11.8 Å². The van der Waals surface area contributed by atoms with Gasteiger partial charge in [-0.1, -0.05) is 18.2 Å². The van der Waals surface area contributed by atoms with E-state index in [0.29, 0.717) is 11.1 Å². The fourth-order valence-electron chi connectivity index (χ4n) is 3.86. The van der Waals surface area contributed by atoms with Crippen molar-refractivity contribution in [1.29, 1.82) is 0 Å². The molecule has 1 aliphatic rings. The van der Waals surface area contributed by atoms with Crippen LogP contribution in [0.15, 0.2) is 64.6 Å². The second-order valence-corrected chi connectivity index (χ2v) is 7.26. The molecule has 6 nitrogen and oxygen atoms in total. The molecule has 0 radical (unpaired) electrons. The van der Waals surface area contributed by atoms with E-state index in [-0.39, 0.29) is 21.7 Å². The van der Waals surface area contributed by atoms with E-state index in [4.69, 9.17) is 9.73 Å². The molecule has 4 rings (SSSR count). The van der Waals surface area contributed by atoms with Gasteiger partial charge in [0, 0.05) is 23.5 Å². The molecular weight excluding hydrogens is 428 g/mol. The number of alkyl halides is 2. The highest BCUT2D eigenvalue weighted by atomic mass is 19.3. The summed E-state index contributed by atoms with van der Waals surface area (Å²) in [5, 5.41) is 3.14. The van der Waals surface area contributed by atoms with Crippen molar-refractivity contribution in [2.45, 2.75) is 25.1 Å². The van der Waals surface area contributed by atoms with Gasteiger partial charge in [0.15, 0.2) is 5.75 Å². The van der Waals surface area contributed by atoms with Gasteiger partial charge in [-0.15, -0.1) is 0 Å². The van der Waals surface area contributed by atoms with E-state index in [9.17, 15) is 22.4 Å². The summed E-state index contributed by atoms with van der Waals surface area (Å²) < 4.78 is 59.2. The van der Waals surface area contributed by atoms with Crippen LogP contribution in [0.2, 0.25) is 0 Å². The number of halogens is 4. The monoisotopic (exact) mass is 446 g/mol. The van der Waals surface area contributed by atoms with Gasteiger partial charge >= 0.3 is 6.55 Å². The Balaban J connectivity index is 1.94. The molecule has 0 saturated heterocycles. The summed E-state index contributed by atoms with van der Waals surface area (Å²) in [6, 6.07) is 9.17. The molecule has 0 fully saturated rings. The molecule has 166 valence electrons. The molecule has 2 aromatic heterocycles. The summed E-state index contributed by atoms with van der Waals surface area (Å²) in [6.07, 6.45) is 2.31. The van der Waals surface area contributed by atoms with Crippen LogP contribution >= 0.6 is 0 Å². The van der Waals surface area contributed by atoms with Gasteiger partial charge in [0.2, 0.25) is 5.95 Å². The van der Waals surface area contributed by atoms with Crippen molar-refractivity contribution in [3.63, 3.8) is 0 Å². The van der Waals surface area contributed by atoms with Crippen LogP contribution in [0.3, 0.4) is 0 Å². The predicted molar refractivity (Wildman–Crippen MR) is 109 cm³/mol. The summed E-state index contributed by atoms with van der Waals surface area (Å²) in [5.74, 6) is -1.20. The Hall–Kier alpha value is -3.69. The van der Waals surface area contributed by atoms with Gasteiger partial charge in [-0.05, 0) is 36.8 Å². The fourth-order valence-corrected chi connectivity index (χ4v) is 3.86. The topological polar surface area (TPSA) is 68.5 Å². The van der Waals surface area contributed by atoms with E-state index in [1.165, 1.54) is 43.6 Å². The van der Waals surface area contributed by atoms with Crippen LogP contribution in [-0.4, -0.2) is 28.5 Å². The maximum Gasteiger partial charge on any atom is 0.321 e. The summed E-state index contributed by atoms with van der Waals surface area (Å²) in [6.45, 7) is -1.29. The normalized spacial score (nSPS) is 20.2. The Morgan fingerprint density at radius 1 is 1.12 bits per heavy atom. The first-order valence-electron chi connectivity index (χ1n) is 9.59. The number of nitrogens with one attached hydrogen (secondary N) is 1. The number of amidine groups is 1. The van der Waals surface area contributed by atoms with Crippen LogP contribution in [0.5, 0.6) is 5.75 Å². The Morgan fingerprint density at radius 3 is 2.41 bits per heavy atom. The highest BCUT2D eigenvalue weighted by molar-refractivity contribution is 6.01. The molecule has 1 aliphatic heterocycles. The summed E-state index contributed by atoms with van der Waals surface area (Å²) in [5.41, 5.74) is -0.868. The van der Waals surface area contributed by atoms with E-state index >= 15 is 0 Å². The van der Waals surface area contributed by atoms with Crippen LogP contribution in [0.4, 0.5) is 17.6 Å². The van der Waals surface area contributed by atoms with Crippen LogP contribution in [-0.2, 0) is 5.54 Å². The maximum atomic E-state index is 13.6. The third-order valence-electron chi connectivity index (χ3n) is 5.43. The minimum Gasteiger partial charge on any atom is -0.491 e. The zero-order valence-electron chi connectivity index (χ0n) is 17.0. The van der Waals surface area contributed by atoms with Crippen LogP contribution in [0.1, 0.15) is 30.2 Å². The van der Waals surface area contributed by atoms with Crippen molar-refractivity contribution >= 4 is 5.84 Å². The number of ether oxygens (including phenoxy) is 1. The molecular formula is C22H18F4N4O2. The summed E-state index contributed by atoms with van der Waals surface area (Å²) >= 11 is 0. The van der Waals surface area contributed by atoms with E-state index in [0.717, 1.165) is 6.20 Å². The first kappa shape index (κ1) is 21.5. The third kappa shape index (κ3) is 3.51. The number of rotatable bonds is 5. The zero-order chi connectivity index (χ0) is 23.0. The van der Waals surface area contributed by atoms with E-state index < -0.39 is 35.5 Å². The molecule has 1 N–H and O–H groups in total. The van der Waals surface area contributed by atoms with Gasteiger partial charge in [0.1, 0.15) is 17.2 Å². The van der Waals surface area contributed by atoms with Gasteiger partial charge in [-0.2, -0.15) is 13.2 Å². The van der Waals surface area contributed by atoms with Gasteiger partial charge in [0.25, 0.3) is 5.56 Å². The first-order chi connectivity index (χ1) is 15.3. The molecule has 2 atom stereocenters. The lowest BCUT2D eigenvalue weighted by atomic mass is 9.79. The third-order valence-corrected chi connectivity index (χ3v) is 5.43. The molecule has 0 spiro atoms. The van der Waals surface area contributed by atoms with Gasteiger partial charge < -0.3 is 10.1 Å². The van der Waals surface area contributed by atoms with Crippen molar-refractivity contribution in [2.24, 2.45) is 4.99 Å². The van der Waals surface area contributed by atoms with Crippen molar-refractivity contribution < 1.29 is 22.3 Å². The predicted octanol–water partition coefficient (Wildman–Crippen LogP) is 3.61. The number of benzene rings is 1. The van der Waals surface area contributed by atoms with Gasteiger partial charge in [-0.3, -0.25) is 9.36 Å². The SMILES string of the molecule is COc1cc(C2=NC(c3ccc(F)cc3)(c3ccc(F)nc3)C(C)N2)cn(C(F)F)c1=O. The van der Waals surface area contributed by atoms with Crippen molar-refractivity contribution in [3.05, 3.63) is 93.7 Å². The summed E-state index contributed by atoms with van der Waals surface area (Å²) in [4.78, 5) is 20.6. The molecule has 3 heterocycles. The van der Waals surface area contributed by atoms with E-state index in [1.807, 2.05) is 0 Å². The highest BCUT2D eigenvalue weighted by Gasteiger charge is 2.45. The van der Waals surface area contributed by atoms with Crippen molar-refractivity contribution in [2.75, 3.05) is 7.11 Å². The number of hydrogen-bond donors (Lipinski definition) is 1. The first-order valence-corrected chi connectivity index (χ1v) is 9.59. The average molecular weight is 446 g/mol. The standard InChI is InChI=1S/C22H18F4N4O2/c1-12-22(14-3-6-16(23)7-4-14,15-5-8-18(24)27-10-15)29-19(28-12)13-9-17(32-2)20(31)30(11-13)21(25)26/h3-12,21H,1-2H3,(H,28,29). The number of aromatic nitrogens is 2. The lowest BCUT2D eigenvalue weighted by Gasteiger charge is -2.31. The minimum absolute atomic E-state index is 0.188. The summed E-state index contributed by atoms with van der Waals surface area (Å²) in [7, 11) is 1.20. The van der Waals surface area contributed by atoms with Crippen molar-refractivity contribution in [1.82, 2.24) is 14.9 Å². The Labute approximate surface area is 180 Å². The van der Waals surface area contributed by atoms with Crippen LogP contribution in [0.25, 0.3) is 0 Å². The number of nitrogens with zero attached hydrogens (tertiary/aromatic N) is 3. The molecule has 0 saturated carbocycles. The van der Waals surface area contributed by atoms with Crippen LogP contribution < -0.4 is 15.6 Å². The fraction of sp³-hybridized carbons (Fsp3) is 0.227. The largest absolute Gasteiger partial charge is 0.491 e.